The van der Waals surface area contributed by atoms with Crippen LogP contribution in [0.5, 0.6) is 0 Å². The van der Waals surface area contributed by atoms with Gasteiger partial charge >= 0.3 is 5.97 Å². The highest BCUT2D eigenvalue weighted by atomic mass is 35.5. The van der Waals surface area contributed by atoms with Crippen LogP contribution in [0.25, 0.3) is 17.4 Å². The van der Waals surface area contributed by atoms with E-state index in [1.807, 2.05) is 13.0 Å². The lowest BCUT2D eigenvalue weighted by Crippen LogP contribution is -2.16. The molecule has 2 heterocycles. The molecule has 0 spiro atoms. The predicted octanol–water partition coefficient (Wildman–Crippen LogP) is 6.65. The lowest BCUT2D eigenvalue weighted by Gasteiger charge is -2.06. The number of rotatable bonds is 6. The minimum Gasteiger partial charge on any atom is -0.462 e. The number of halogens is 2. The molecule has 0 saturated carbocycles. The summed E-state index contributed by atoms with van der Waals surface area (Å²) in [4.78, 5) is 25.9. The molecule has 0 aliphatic heterocycles. The number of hydrogen-bond donors (Lipinski definition) is 1. The zero-order valence-corrected chi connectivity index (χ0v) is 19.7. The summed E-state index contributed by atoms with van der Waals surface area (Å²) < 4.78 is 10.8. The molecule has 32 heavy (non-hydrogen) atoms. The number of carbonyl (C=O) groups excluding carboxylic acids is 2. The Morgan fingerprint density at radius 2 is 1.91 bits per heavy atom. The van der Waals surface area contributed by atoms with Gasteiger partial charge in [-0.15, -0.1) is 11.3 Å². The fourth-order valence-corrected chi connectivity index (χ4v) is 4.55. The lowest BCUT2D eigenvalue weighted by atomic mass is 10.1. The third-order valence-corrected chi connectivity index (χ3v) is 6.33. The van der Waals surface area contributed by atoms with Crippen molar-refractivity contribution >= 4 is 57.5 Å². The minimum atomic E-state index is -0.673. The number of nitrogens with one attached hydrogen (secondary N) is 1. The van der Waals surface area contributed by atoms with Gasteiger partial charge in [0.25, 0.3) is 5.91 Å². The van der Waals surface area contributed by atoms with Crippen LogP contribution >= 0.6 is 34.5 Å². The van der Waals surface area contributed by atoms with Crippen LogP contribution in [0, 0.1) is 25.2 Å². The van der Waals surface area contributed by atoms with E-state index in [1.54, 1.807) is 44.2 Å². The van der Waals surface area contributed by atoms with Gasteiger partial charge in [-0.2, -0.15) is 5.26 Å². The third-order valence-electron chi connectivity index (χ3n) is 4.58. The van der Waals surface area contributed by atoms with Gasteiger partial charge in [-0.1, -0.05) is 29.3 Å². The molecule has 1 amide bonds. The van der Waals surface area contributed by atoms with Crippen molar-refractivity contribution in [1.82, 2.24) is 0 Å². The Balaban J connectivity index is 1.89. The summed E-state index contributed by atoms with van der Waals surface area (Å²) in [5.74, 6) is -0.530. The fourth-order valence-electron chi connectivity index (χ4n) is 2.92. The largest absolute Gasteiger partial charge is 0.462 e. The van der Waals surface area contributed by atoms with Crippen molar-refractivity contribution in [1.29, 1.82) is 5.26 Å². The van der Waals surface area contributed by atoms with Crippen LogP contribution in [0.15, 0.2) is 40.3 Å². The zero-order valence-electron chi connectivity index (χ0n) is 17.4. The average molecular weight is 489 g/mol. The Hall–Kier alpha value is -3.05. The molecule has 1 N–H and O–H groups in total. The molecule has 2 aromatic heterocycles. The molecule has 9 heteroatoms. The molecule has 6 nitrogen and oxygen atoms in total. The second-order valence-electron chi connectivity index (χ2n) is 6.63. The van der Waals surface area contributed by atoms with Gasteiger partial charge in [0.15, 0.2) is 0 Å². The molecule has 3 aromatic rings. The number of benzene rings is 1. The normalized spacial score (nSPS) is 11.2. The van der Waals surface area contributed by atoms with E-state index >= 15 is 0 Å². The molecule has 0 bridgehead atoms. The van der Waals surface area contributed by atoms with Crippen molar-refractivity contribution in [3.8, 4) is 17.4 Å². The van der Waals surface area contributed by atoms with E-state index in [9.17, 15) is 14.9 Å². The highest BCUT2D eigenvalue weighted by molar-refractivity contribution is 7.16. The van der Waals surface area contributed by atoms with Crippen LogP contribution in [-0.4, -0.2) is 18.5 Å². The molecule has 0 unspecified atom stereocenters. The minimum absolute atomic E-state index is 0.199. The summed E-state index contributed by atoms with van der Waals surface area (Å²) in [7, 11) is 0. The van der Waals surface area contributed by atoms with Crippen molar-refractivity contribution in [3.63, 3.8) is 0 Å². The van der Waals surface area contributed by atoms with E-state index in [0.29, 0.717) is 26.4 Å². The maximum absolute atomic E-state index is 12.8. The number of nitriles is 1. The number of hydrogen-bond acceptors (Lipinski definition) is 6. The van der Waals surface area contributed by atoms with E-state index in [1.165, 1.54) is 17.4 Å². The standard InChI is InChI=1S/C23H18Cl2N2O4S/c1-4-30-23(29)19-12(2)13(3)32-22(19)27-21(28)14(11-26)10-15-8-9-18(31-15)20-16(24)6-5-7-17(20)25/h5-10H,4H2,1-3H3,(H,27,28)/b14-10+. The Bertz CT molecular complexity index is 1250. The van der Waals surface area contributed by atoms with E-state index in [-0.39, 0.29) is 23.5 Å². The third kappa shape index (κ3) is 4.89. The van der Waals surface area contributed by atoms with E-state index < -0.39 is 11.9 Å². The maximum atomic E-state index is 12.8. The van der Waals surface area contributed by atoms with Crippen molar-refractivity contribution in [3.05, 3.63) is 67.7 Å². The summed E-state index contributed by atoms with van der Waals surface area (Å²) in [5, 5.41) is 13.3. The first-order chi connectivity index (χ1) is 15.3. The molecule has 0 saturated heterocycles. The Morgan fingerprint density at radius 3 is 2.53 bits per heavy atom. The second-order valence-corrected chi connectivity index (χ2v) is 8.67. The number of carbonyl (C=O) groups is 2. The number of esters is 1. The number of thiophene rings is 1. The number of anilines is 1. The van der Waals surface area contributed by atoms with E-state index in [0.717, 1.165) is 10.4 Å². The van der Waals surface area contributed by atoms with Crippen molar-refractivity contribution in [2.75, 3.05) is 11.9 Å². The topological polar surface area (TPSA) is 92.3 Å². The predicted molar refractivity (Wildman–Crippen MR) is 126 cm³/mol. The van der Waals surface area contributed by atoms with Crippen LogP contribution in [0.2, 0.25) is 10.0 Å². The van der Waals surface area contributed by atoms with Gasteiger partial charge in [0.2, 0.25) is 0 Å². The van der Waals surface area contributed by atoms with Crippen LogP contribution in [0.1, 0.15) is 33.5 Å². The van der Waals surface area contributed by atoms with Gasteiger partial charge in [-0.05, 0) is 50.6 Å². The molecule has 1 aromatic carbocycles. The molecule has 0 atom stereocenters. The smallest absolute Gasteiger partial charge is 0.341 e. The van der Waals surface area contributed by atoms with Gasteiger partial charge in [0.1, 0.15) is 28.2 Å². The molecule has 0 radical (unpaired) electrons. The molecule has 0 fully saturated rings. The van der Waals surface area contributed by atoms with Crippen LogP contribution in [-0.2, 0) is 9.53 Å². The Labute approximate surface area is 199 Å². The molecule has 0 aliphatic carbocycles. The van der Waals surface area contributed by atoms with Crippen molar-refractivity contribution < 1.29 is 18.7 Å². The van der Waals surface area contributed by atoms with Gasteiger partial charge in [-0.3, -0.25) is 4.79 Å². The summed E-state index contributed by atoms with van der Waals surface area (Å²) in [6, 6.07) is 10.2. The first kappa shape index (κ1) is 23.6. The van der Waals surface area contributed by atoms with Crippen LogP contribution in [0.3, 0.4) is 0 Å². The van der Waals surface area contributed by atoms with E-state index in [4.69, 9.17) is 32.4 Å². The summed E-state index contributed by atoms with van der Waals surface area (Å²) in [5.41, 5.74) is 1.32. The molecule has 3 rings (SSSR count). The Kier molecular flexibility index (Phi) is 7.41. The highest BCUT2D eigenvalue weighted by Crippen LogP contribution is 2.36. The van der Waals surface area contributed by atoms with E-state index in [2.05, 4.69) is 5.32 Å². The second kappa shape index (κ2) is 10.0. The molecular weight excluding hydrogens is 471 g/mol. The fraction of sp³-hybridized carbons (Fsp3) is 0.174. The van der Waals surface area contributed by atoms with Gasteiger partial charge < -0.3 is 14.5 Å². The molecular formula is C23H18Cl2N2O4S. The number of ether oxygens (including phenoxy) is 1. The first-order valence-corrected chi connectivity index (χ1v) is 11.1. The first-order valence-electron chi connectivity index (χ1n) is 9.51. The van der Waals surface area contributed by atoms with Crippen LogP contribution in [0.4, 0.5) is 5.00 Å². The summed E-state index contributed by atoms with van der Waals surface area (Å²) >= 11 is 13.7. The summed E-state index contributed by atoms with van der Waals surface area (Å²) in [6.45, 7) is 5.53. The quantitative estimate of drug-likeness (QED) is 0.238. The summed E-state index contributed by atoms with van der Waals surface area (Å²) in [6.07, 6.45) is 1.31. The highest BCUT2D eigenvalue weighted by Gasteiger charge is 2.23. The average Bonchev–Trinajstić information content (AvgIpc) is 3.30. The lowest BCUT2D eigenvalue weighted by molar-refractivity contribution is -0.112. The zero-order chi connectivity index (χ0) is 23.4. The van der Waals surface area contributed by atoms with Crippen molar-refractivity contribution in [2.24, 2.45) is 0 Å². The SMILES string of the molecule is CCOC(=O)c1c(NC(=O)/C(C#N)=C/c2ccc(-c3c(Cl)cccc3Cl)o2)sc(C)c1C. The molecule has 0 aliphatic rings. The Morgan fingerprint density at radius 1 is 1.22 bits per heavy atom. The monoisotopic (exact) mass is 488 g/mol. The number of nitrogens with zero attached hydrogens (tertiary/aromatic N) is 1. The van der Waals surface area contributed by atoms with Gasteiger partial charge in [-0.25, -0.2) is 4.79 Å². The molecule has 164 valence electrons. The van der Waals surface area contributed by atoms with Gasteiger partial charge in [0, 0.05) is 11.0 Å². The maximum Gasteiger partial charge on any atom is 0.341 e. The number of aryl methyl sites for hydroxylation is 1. The van der Waals surface area contributed by atoms with Crippen LogP contribution < -0.4 is 5.32 Å². The number of amides is 1. The van der Waals surface area contributed by atoms with Gasteiger partial charge in [0.05, 0.1) is 27.8 Å². The number of furan rings is 1. The van der Waals surface area contributed by atoms with Crippen molar-refractivity contribution in [2.45, 2.75) is 20.8 Å².